The number of nitrogens with one attached hydrogen (secondary N) is 1. The average molecular weight is 359 g/mol. The van der Waals surface area contributed by atoms with Crippen molar-refractivity contribution in [3.8, 4) is 5.75 Å². The van der Waals surface area contributed by atoms with Gasteiger partial charge in [0.25, 0.3) is 0 Å². The van der Waals surface area contributed by atoms with E-state index in [4.69, 9.17) is 16.3 Å². The van der Waals surface area contributed by atoms with E-state index in [-0.39, 0.29) is 5.82 Å². The van der Waals surface area contributed by atoms with Crippen LogP contribution in [0.3, 0.4) is 0 Å². The summed E-state index contributed by atoms with van der Waals surface area (Å²) in [7, 11) is 1.86. The predicted octanol–water partition coefficient (Wildman–Crippen LogP) is 4.54. The van der Waals surface area contributed by atoms with Crippen LogP contribution in [0.5, 0.6) is 5.75 Å². The summed E-state index contributed by atoms with van der Waals surface area (Å²) >= 11 is 9.49. The molecule has 0 heterocycles. The summed E-state index contributed by atoms with van der Waals surface area (Å²) < 4.78 is 19.5. The molecule has 0 aliphatic heterocycles. The van der Waals surface area contributed by atoms with Crippen LogP contribution in [0.25, 0.3) is 0 Å². The summed E-state index contributed by atoms with van der Waals surface area (Å²) in [6.07, 6.45) is 0. The zero-order chi connectivity index (χ0) is 14.5. The van der Waals surface area contributed by atoms with E-state index in [9.17, 15) is 4.39 Å². The minimum atomic E-state index is -0.283. The maximum atomic E-state index is 13.0. The molecule has 1 N–H and O–H groups in total. The molecule has 0 aromatic heterocycles. The van der Waals surface area contributed by atoms with E-state index in [0.717, 1.165) is 11.1 Å². The fraction of sp³-hybridized carbons (Fsp3) is 0.200. The summed E-state index contributed by atoms with van der Waals surface area (Å²) in [5.41, 5.74) is 1.85. The quantitative estimate of drug-likeness (QED) is 0.847. The Kier molecular flexibility index (Phi) is 5.40. The van der Waals surface area contributed by atoms with Gasteiger partial charge in [0.2, 0.25) is 0 Å². The van der Waals surface area contributed by atoms with E-state index in [1.807, 2.05) is 19.2 Å². The largest absolute Gasteiger partial charge is 0.487 e. The lowest BCUT2D eigenvalue weighted by molar-refractivity contribution is 0.301. The summed E-state index contributed by atoms with van der Waals surface area (Å²) in [6, 6.07) is 10.1. The van der Waals surface area contributed by atoms with Gasteiger partial charge in [-0.15, -0.1) is 0 Å². The van der Waals surface area contributed by atoms with Crippen molar-refractivity contribution in [2.75, 3.05) is 7.05 Å². The smallest absolute Gasteiger partial charge is 0.142 e. The van der Waals surface area contributed by atoms with Gasteiger partial charge in [-0.25, -0.2) is 4.39 Å². The van der Waals surface area contributed by atoms with Gasteiger partial charge in [-0.3, -0.25) is 0 Å². The van der Waals surface area contributed by atoms with Crippen LogP contribution in [0.4, 0.5) is 4.39 Å². The third kappa shape index (κ3) is 3.72. The van der Waals surface area contributed by atoms with Crippen molar-refractivity contribution in [2.24, 2.45) is 0 Å². The van der Waals surface area contributed by atoms with Crippen molar-refractivity contribution in [1.29, 1.82) is 0 Å². The zero-order valence-electron chi connectivity index (χ0n) is 10.9. The number of ether oxygens (including phenoxy) is 1. The van der Waals surface area contributed by atoms with Gasteiger partial charge in [-0.2, -0.15) is 0 Å². The highest BCUT2D eigenvalue weighted by Crippen LogP contribution is 2.30. The molecule has 2 aromatic rings. The number of halogens is 3. The van der Waals surface area contributed by atoms with Crippen molar-refractivity contribution >= 4 is 27.5 Å². The molecule has 0 aliphatic rings. The molecule has 0 saturated heterocycles. The molecular weight excluding hydrogens is 345 g/mol. The van der Waals surface area contributed by atoms with Gasteiger partial charge in [-0.1, -0.05) is 45.7 Å². The Morgan fingerprint density at radius 3 is 2.75 bits per heavy atom. The van der Waals surface area contributed by atoms with Crippen LogP contribution in [0.2, 0.25) is 5.02 Å². The van der Waals surface area contributed by atoms with Crippen molar-refractivity contribution in [2.45, 2.75) is 13.2 Å². The second-order valence-electron chi connectivity index (χ2n) is 4.28. The van der Waals surface area contributed by atoms with Crippen LogP contribution >= 0.6 is 27.5 Å². The molecule has 2 rings (SSSR count). The van der Waals surface area contributed by atoms with E-state index < -0.39 is 0 Å². The van der Waals surface area contributed by atoms with Gasteiger partial charge in [-0.05, 0) is 25.2 Å². The molecule has 0 fully saturated rings. The number of hydrogen-bond acceptors (Lipinski definition) is 2. The fourth-order valence-corrected chi connectivity index (χ4v) is 2.55. The highest BCUT2D eigenvalue weighted by Gasteiger charge is 2.09. The normalized spacial score (nSPS) is 10.6. The average Bonchev–Trinajstić information content (AvgIpc) is 2.40. The van der Waals surface area contributed by atoms with E-state index in [2.05, 4.69) is 21.2 Å². The second kappa shape index (κ2) is 7.07. The SMILES string of the molecule is CNCc1cccc(Cl)c1OCc1ccc(F)cc1Br. The Morgan fingerprint density at radius 1 is 1.25 bits per heavy atom. The number of para-hydroxylation sites is 1. The Labute approximate surface area is 131 Å². The second-order valence-corrected chi connectivity index (χ2v) is 5.54. The van der Waals surface area contributed by atoms with Gasteiger partial charge in [0, 0.05) is 22.1 Å². The molecule has 5 heteroatoms. The lowest BCUT2D eigenvalue weighted by Crippen LogP contribution is -2.08. The van der Waals surface area contributed by atoms with Crippen LogP contribution in [-0.4, -0.2) is 7.05 Å². The molecule has 0 aliphatic carbocycles. The maximum absolute atomic E-state index is 13.0. The molecular formula is C15H14BrClFNO. The lowest BCUT2D eigenvalue weighted by atomic mass is 10.2. The summed E-state index contributed by atoms with van der Waals surface area (Å²) in [6.45, 7) is 0.988. The van der Waals surface area contributed by atoms with E-state index in [0.29, 0.717) is 28.4 Å². The van der Waals surface area contributed by atoms with Gasteiger partial charge in [0.1, 0.15) is 18.2 Å². The standard InChI is InChI=1S/C15H14BrClFNO/c1-19-8-10-3-2-4-14(17)15(10)20-9-11-5-6-12(18)7-13(11)16/h2-7,19H,8-9H2,1H3. The Hall–Kier alpha value is -1.10. The van der Waals surface area contributed by atoms with Crippen molar-refractivity contribution in [3.05, 3.63) is 62.8 Å². The molecule has 2 aromatic carbocycles. The summed E-state index contributed by atoms with van der Waals surface area (Å²) in [5, 5.41) is 3.64. The van der Waals surface area contributed by atoms with E-state index in [1.54, 1.807) is 12.1 Å². The molecule has 0 radical (unpaired) electrons. The summed E-state index contributed by atoms with van der Waals surface area (Å²) in [5.74, 6) is 0.369. The van der Waals surface area contributed by atoms with Crippen LogP contribution in [0, 0.1) is 5.82 Å². The van der Waals surface area contributed by atoms with Crippen molar-refractivity contribution < 1.29 is 9.13 Å². The first-order valence-electron chi connectivity index (χ1n) is 6.10. The van der Waals surface area contributed by atoms with Crippen LogP contribution in [-0.2, 0) is 13.2 Å². The van der Waals surface area contributed by atoms with Gasteiger partial charge in [0.05, 0.1) is 5.02 Å². The van der Waals surface area contributed by atoms with Gasteiger partial charge < -0.3 is 10.1 Å². The third-order valence-corrected chi connectivity index (χ3v) is 3.84. The Bertz CT molecular complexity index is 606. The molecule has 0 bridgehead atoms. The molecule has 2 nitrogen and oxygen atoms in total. The predicted molar refractivity (Wildman–Crippen MR) is 82.6 cm³/mol. The monoisotopic (exact) mass is 357 g/mol. The summed E-state index contributed by atoms with van der Waals surface area (Å²) in [4.78, 5) is 0. The lowest BCUT2D eigenvalue weighted by Gasteiger charge is -2.13. The van der Waals surface area contributed by atoms with Gasteiger partial charge >= 0.3 is 0 Å². The van der Waals surface area contributed by atoms with E-state index in [1.165, 1.54) is 12.1 Å². The first kappa shape index (κ1) is 15.3. The number of benzene rings is 2. The maximum Gasteiger partial charge on any atom is 0.142 e. The molecule has 20 heavy (non-hydrogen) atoms. The van der Waals surface area contributed by atoms with Crippen LogP contribution in [0.1, 0.15) is 11.1 Å². The van der Waals surface area contributed by atoms with Crippen LogP contribution < -0.4 is 10.1 Å². The number of hydrogen-bond donors (Lipinski definition) is 1. The molecule has 0 atom stereocenters. The Morgan fingerprint density at radius 2 is 2.05 bits per heavy atom. The molecule has 0 saturated carbocycles. The Balaban J connectivity index is 2.18. The first-order chi connectivity index (χ1) is 9.61. The molecule has 0 amide bonds. The topological polar surface area (TPSA) is 21.3 Å². The highest BCUT2D eigenvalue weighted by molar-refractivity contribution is 9.10. The first-order valence-corrected chi connectivity index (χ1v) is 7.27. The zero-order valence-corrected chi connectivity index (χ0v) is 13.3. The minimum absolute atomic E-state index is 0.283. The van der Waals surface area contributed by atoms with Crippen LogP contribution in [0.15, 0.2) is 40.9 Å². The molecule has 0 unspecified atom stereocenters. The highest BCUT2D eigenvalue weighted by atomic mass is 79.9. The fourth-order valence-electron chi connectivity index (χ4n) is 1.83. The minimum Gasteiger partial charge on any atom is -0.487 e. The van der Waals surface area contributed by atoms with Crippen molar-refractivity contribution in [1.82, 2.24) is 5.32 Å². The molecule has 106 valence electrons. The van der Waals surface area contributed by atoms with Gasteiger partial charge in [0.15, 0.2) is 0 Å². The number of rotatable bonds is 5. The van der Waals surface area contributed by atoms with Crippen molar-refractivity contribution in [3.63, 3.8) is 0 Å². The third-order valence-electron chi connectivity index (χ3n) is 2.80. The molecule has 0 spiro atoms. The van der Waals surface area contributed by atoms with E-state index >= 15 is 0 Å².